The molecular weight excluding hydrogens is 308 g/mol. The summed E-state index contributed by atoms with van der Waals surface area (Å²) in [5, 5.41) is 2.06. The monoisotopic (exact) mass is 334 g/mol. The minimum Gasteiger partial charge on any atom is -0.344 e. The van der Waals surface area contributed by atoms with Crippen molar-refractivity contribution in [3.05, 3.63) is 60.2 Å². The molecule has 0 aliphatic heterocycles. The predicted octanol–water partition coefficient (Wildman–Crippen LogP) is 5.42. The first-order chi connectivity index (χ1) is 10.6. The van der Waals surface area contributed by atoms with Crippen LogP contribution in [0, 0.1) is 0 Å². The molecule has 0 unspecified atom stereocenters. The Labute approximate surface area is 143 Å². The van der Waals surface area contributed by atoms with Gasteiger partial charge in [-0.25, -0.2) is 0 Å². The maximum atomic E-state index is 3.70. The molecule has 0 bridgehead atoms. The van der Waals surface area contributed by atoms with Crippen molar-refractivity contribution in [2.24, 2.45) is 0 Å². The first-order valence-electron chi connectivity index (χ1n) is 7.35. The average molecular weight is 335 g/mol. The van der Waals surface area contributed by atoms with E-state index in [9.17, 15) is 0 Å². The summed E-state index contributed by atoms with van der Waals surface area (Å²) in [5.74, 6) is 0. The van der Waals surface area contributed by atoms with Crippen LogP contribution in [0.1, 0.15) is 13.8 Å². The van der Waals surface area contributed by atoms with E-state index in [1.54, 1.807) is 27.7 Å². The third kappa shape index (κ3) is 6.34. The van der Waals surface area contributed by atoms with E-state index in [4.69, 9.17) is 0 Å². The second-order valence-electron chi connectivity index (χ2n) is 5.10. The van der Waals surface area contributed by atoms with Crippen LogP contribution in [0.2, 0.25) is 0 Å². The van der Waals surface area contributed by atoms with Crippen LogP contribution in [0.4, 0.5) is 5.69 Å². The van der Waals surface area contributed by atoms with Gasteiger partial charge in [-0.2, -0.15) is 0 Å². The molecule has 4 heteroatoms. The number of allylic oxidation sites excluding steroid dienone is 4. The minimum atomic E-state index is 0.980. The zero-order chi connectivity index (χ0) is 16.4. The quantitative estimate of drug-likeness (QED) is 0.439. The molecule has 120 valence electrons. The molecule has 0 aliphatic carbocycles. The average Bonchev–Trinajstić information content (AvgIpc) is 2.52. The van der Waals surface area contributed by atoms with Crippen LogP contribution in [0.25, 0.3) is 0 Å². The number of anilines is 1. The van der Waals surface area contributed by atoms with Crippen molar-refractivity contribution in [3.63, 3.8) is 0 Å². The lowest BCUT2D eigenvalue weighted by Crippen LogP contribution is -2.30. The molecule has 0 heterocycles. The first kappa shape index (κ1) is 18.9. The summed E-state index contributed by atoms with van der Waals surface area (Å²) in [4.78, 5) is 5.88. The van der Waals surface area contributed by atoms with Crippen LogP contribution in [0.3, 0.4) is 0 Å². The summed E-state index contributed by atoms with van der Waals surface area (Å²) in [6.45, 7) is 9.96. The summed E-state index contributed by atoms with van der Waals surface area (Å²) in [5.41, 5.74) is 2.55. The highest BCUT2D eigenvalue weighted by molar-refractivity contribution is 8.77. The van der Waals surface area contributed by atoms with Crippen molar-refractivity contribution in [1.82, 2.24) is 4.90 Å². The zero-order valence-corrected chi connectivity index (χ0v) is 15.6. The Kier molecular flexibility index (Phi) is 9.13. The molecule has 0 aromatic heterocycles. The van der Waals surface area contributed by atoms with Gasteiger partial charge in [0.05, 0.1) is 5.69 Å². The Morgan fingerprint density at radius 3 is 2.59 bits per heavy atom. The number of para-hydroxylation sites is 1. The van der Waals surface area contributed by atoms with Gasteiger partial charge in [0.25, 0.3) is 0 Å². The fourth-order valence-corrected chi connectivity index (χ4v) is 3.69. The summed E-state index contributed by atoms with van der Waals surface area (Å²) in [7, 11) is 7.71. The zero-order valence-electron chi connectivity index (χ0n) is 14.0. The lowest BCUT2D eigenvalue weighted by atomic mass is 10.2. The van der Waals surface area contributed by atoms with E-state index in [0.29, 0.717) is 0 Å². The van der Waals surface area contributed by atoms with Gasteiger partial charge in [0.15, 0.2) is 0 Å². The number of hydrogen-bond donors (Lipinski definition) is 0. The molecule has 1 rings (SSSR count). The van der Waals surface area contributed by atoms with Crippen molar-refractivity contribution in [3.8, 4) is 0 Å². The van der Waals surface area contributed by atoms with Crippen LogP contribution in [-0.4, -0.2) is 32.1 Å². The van der Waals surface area contributed by atoms with E-state index in [-0.39, 0.29) is 0 Å². The summed E-state index contributed by atoms with van der Waals surface area (Å²) >= 11 is 0. The molecule has 0 spiro atoms. The van der Waals surface area contributed by atoms with E-state index in [1.807, 2.05) is 6.08 Å². The van der Waals surface area contributed by atoms with Crippen LogP contribution < -0.4 is 4.90 Å². The summed E-state index contributed by atoms with van der Waals surface area (Å²) < 4.78 is 0. The van der Waals surface area contributed by atoms with Gasteiger partial charge < -0.3 is 9.80 Å². The normalized spacial score (nSPS) is 12.1. The van der Waals surface area contributed by atoms with Gasteiger partial charge in [0, 0.05) is 23.7 Å². The third-order valence-corrected chi connectivity index (χ3v) is 5.23. The summed E-state index contributed by atoms with van der Waals surface area (Å²) in [6, 6.07) is 8.58. The lowest BCUT2D eigenvalue weighted by molar-refractivity contribution is 0.416. The van der Waals surface area contributed by atoms with Gasteiger partial charge in [-0.15, -0.1) is 0 Å². The third-order valence-electron chi connectivity index (χ3n) is 3.18. The molecule has 0 aliphatic rings. The van der Waals surface area contributed by atoms with Crippen molar-refractivity contribution >= 4 is 27.3 Å². The highest BCUT2D eigenvalue weighted by Crippen LogP contribution is 2.39. The molecule has 0 saturated heterocycles. The number of hydrogen-bond acceptors (Lipinski definition) is 4. The van der Waals surface area contributed by atoms with Gasteiger partial charge >= 0.3 is 0 Å². The van der Waals surface area contributed by atoms with E-state index in [0.717, 1.165) is 13.1 Å². The standard InChI is InChI=1S/C18H26N2S2/c1-6-8-15-21-22-18-12-10-9-11-17(18)20(16(3)7-2)14-13-19(4)5/h6-12,15H,1,13-14H2,2-5H3/b15-8+,16-7+. The van der Waals surface area contributed by atoms with Crippen LogP contribution in [-0.2, 0) is 0 Å². The first-order valence-corrected chi connectivity index (χ1v) is 9.56. The van der Waals surface area contributed by atoms with E-state index in [1.165, 1.54) is 16.3 Å². The van der Waals surface area contributed by atoms with Crippen molar-refractivity contribution in [2.75, 3.05) is 32.1 Å². The van der Waals surface area contributed by atoms with Gasteiger partial charge in [-0.05, 0) is 45.5 Å². The maximum Gasteiger partial charge on any atom is 0.0555 e. The Morgan fingerprint density at radius 1 is 1.23 bits per heavy atom. The molecule has 22 heavy (non-hydrogen) atoms. The van der Waals surface area contributed by atoms with Crippen LogP contribution in [0.5, 0.6) is 0 Å². The van der Waals surface area contributed by atoms with Crippen molar-refractivity contribution in [1.29, 1.82) is 0 Å². The highest BCUT2D eigenvalue weighted by atomic mass is 33.1. The van der Waals surface area contributed by atoms with Crippen LogP contribution >= 0.6 is 21.6 Å². The highest BCUT2D eigenvalue weighted by Gasteiger charge is 2.13. The van der Waals surface area contributed by atoms with Gasteiger partial charge in [-0.1, -0.05) is 58.5 Å². The molecule has 0 radical (unpaired) electrons. The van der Waals surface area contributed by atoms with Crippen LogP contribution in [0.15, 0.2) is 65.1 Å². The number of benzene rings is 1. The Hall–Kier alpha value is -1.10. The summed E-state index contributed by atoms with van der Waals surface area (Å²) in [6.07, 6.45) is 5.93. The minimum absolute atomic E-state index is 0.980. The molecule has 0 fully saturated rings. The largest absolute Gasteiger partial charge is 0.344 e. The molecule has 0 saturated carbocycles. The molecule has 2 nitrogen and oxygen atoms in total. The fourth-order valence-electron chi connectivity index (χ4n) is 1.86. The smallest absolute Gasteiger partial charge is 0.0555 e. The number of likely N-dealkylation sites (N-methyl/N-ethyl adjacent to an activating group) is 1. The second-order valence-corrected chi connectivity index (χ2v) is 7.24. The molecule has 1 aromatic carbocycles. The number of rotatable bonds is 9. The molecule has 0 N–H and O–H groups in total. The fraction of sp³-hybridized carbons (Fsp3) is 0.333. The Bertz CT molecular complexity index is 522. The van der Waals surface area contributed by atoms with E-state index >= 15 is 0 Å². The van der Waals surface area contributed by atoms with Crippen molar-refractivity contribution in [2.45, 2.75) is 18.7 Å². The second kappa shape index (κ2) is 10.6. The lowest BCUT2D eigenvalue weighted by Gasteiger charge is -2.28. The SMILES string of the molecule is C=C/C=C/SSc1ccccc1N(CCN(C)C)/C(C)=C/C. The topological polar surface area (TPSA) is 6.48 Å². The van der Waals surface area contributed by atoms with Gasteiger partial charge in [-0.3, -0.25) is 0 Å². The van der Waals surface area contributed by atoms with E-state index in [2.05, 4.69) is 80.1 Å². The van der Waals surface area contributed by atoms with Gasteiger partial charge in [0.1, 0.15) is 0 Å². The predicted molar refractivity (Wildman–Crippen MR) is 105 cm³/mol. The van der Waals surface area contributed by atoms with E-state index < -0.39 is 0 Å². The molecule has 0 atom stereocenters. The molecule has 0 amide bonds. The van der Waals surface area contributed by atoms with Gasteiger partial charge in [0.2, 0.25) is 0 Å². The number of nitrogens with zero attached hydrogens (tertiary/aromatic N) is 2. The Balaban J connectivity index is 2.97. The maximum absolute atomic E-state index is 3.70. The molecular formula is C18H26N2S2. The Morgan fingerprint density at radius 2 is 1.95 bits per heavy atom. The van der Waals surface area contributed by atoms with Crippen molar-refractivity contribution < 1.29 is 0 Å². The molecule has 1 aromatic rings.